The first kappa shape index (κ1) is 24.0. The second-order valence-corrected chi connectivity index (χ2v) is 11.6. The van der Waals surface area contributed by atoms with Crippen molar-refractivity contribution in [3.05, 3.63) is 147 Å². The quantitative estimate of drug-likeness (QED) is 0.224. The van der Waals surface area contributed by atoms with Gasteiger partial charge >= 0.3 is 0 Å². The van der Waals surface area contributed by atoms with E-state index in [0.717, 1.165) is 4.47 Å². The summed E-state index contributed by atoms with van der Waals surface area (Å²) in [5.74, 6) is 0.0490. The maximum Gasteiger partial charge on any atom is 0.0583 e. The smallest absolute Gasteiger partial charge is 0.0583 e. The van der Waals surface area contributed by atoms with Gasteiger partial charge in [0, 0.05) is 32.7 Å². The largest absolute Gasteiger partial charge is 0.354 e. The molecule has 1 N–H and O–H groups in total. The average molecular weight is 570 g/mol. The van der Waals surface area contributed by atoms with Crippen molar-refractivity contribution in [3.63, 3.8) is 0 Å². The van der Waals surface area contributed by atoms with E-state index in [0.29, 0.717) is 0 Å². The molecule has 5 aromatic carbocycles. The predicted molar refractivity (Wildman–Crippen MR) is 168 cm³/mol. The zero-order valence-corrected chi connectivity index (χ0v) is 23.9. The topological polar surface area (TPSA) is 17.0 Å². The van der Waals surface area contributed by atoms with Crippen molar-refractivity contribution in [2.45, 2.75) is 26.7 Å². The molecule has 0 aliphatic carbocycles. The van der Waals surface area contributed by atoms with Crippen LogP contribution in [0.5, 0.6) is 0 Å². The van der Waals surface area contributed by atoms with E-state index in [-0.39, 0.29) is 5.92 Å². The first-order valence-electron chi connectivity index (χ1n) is 13.4. The number of aryl methyl sites for hydroxylation is 3. The van der Waals surface area contributed by atoms with Gasteiger partial charge in [-0.25, -0.2) is 0 Å². The number of nitrogens with zero attached hydrogens (tertiary/aromatic N) is 1. The van der Waals surface area contributed by atoms with Crippen LogP contribution in [0.2, 0.25) is 0 Å². The summed E-state index contributed by atoms with van der Waals surface area (Å²) in [6.45, 7) is 6.55. The fourth-order valence-electron chi connectivity index (χ4n) is 6.13. The molecule has 0 radical (unpaired) electrons. The summed E-state index contributed by atoms with van der Waals surface area (Å²) in [7, 11) is 0. The minimum Gasteiger partial charge on any atom is -0.354 e. The Balaban J connectivity index is 1.70. The van der Waals surface area contributed by atoms with Crippen LogP contribution < -0.4 is 5.32 Å². The van der Waals surface area contributed by atoms with Gasteiger partial charge in [-0.05, 0) is 79.4 Å². The second-order valence-electron chi connectivity index (χ2n) is 10.7. The lowest BCUT2D eigenvalue weighted by atomic mass is 9.82. The van der Waals surface area contributed by atoms with Gasteiger partial charge in [-0.2, -0.15) is 0 Å². The standard InChI is InChI=1S/C36H29BrN2/c1-22-9-17-28(18-10-22)39-31-20-12-24(3)35-33(31)34(36(39)26-7-5-4-6-8-26)32(25-13-15-27(37)16-14-25)29-21-23(2)11-19-30(29)38-35/h4-21,32,38H,1-3H3. The molecular formula is C36H29BrN2. The van der Waals surface area contributed by atoms with Gasteiger partial charge in [-0.3, -0.25) is 0 Å². The molecule has 0 amide bonds. The normalized spacial score (nSPS) is 14.1. The van der Waals surface area contributed by atoms with Gasteiger partial charge in [0.1, 0.15) is 0 Å². The third kappa shape index (κ3) is 3.92. The van der Waals surface area contributed by atoms with Gasteiger partial charge in [0.15, 0.2) is 0 Å². The fourth-order valence-corrected chi connectivity index (χ4v) is 6.39. The van der Waals surface area contributed by atoms with Gasteiger partial charge in [0.25, 0.3) is 0 Å². The third-order valence-electron chi connectivity index (χ3n) is 7.99. The lowest BCUT2D eigenvalue weighted by Crippen LogP contribution is -2.07. The van der Waals surface area contributed by atoms with Crippen LogP contribution in [0.1, 0.15) is 39.3 Å². The number of fused-ring (bicyclic) bond motifs is 1. The van der Waals surface area contributed by atoms with E-state index < -0.39 is 0 Å². The summed E-state index contributed by atoms with van der Waals surface area (Å²) in [6.07, 6.45) is 0. The molecule has 39 heavy (non-hydrogen) atoms. The SMILES string of the molecule is Cc1ccc(-n2c(-c3ccccc3)c3c4c(c(C)ccc42)Nc2ccc(C)cc2C3c2ccc(Br)cc2)cc1. The number of hydrogen-bond donors (Lipinski definition) is 1. The van der Waals surface area contributed by atoms with Crippen molar-refractivity contribution < 1.29 is 0 Å². The Kier molecular flexibility index (Phi) is 5.71. The Morgan fingerprint density at radius 1 is 0.718 bits per heavy atom. The van der Waals surface area contributed by atoms with Gasteiger partial charge in [0.2, 0.25) is 0 Å². The molecule has 0 fully saturated rings. The molecule has 1 aromatic heterocycles. The van der Waals surface area contributed by atoms with E-state index in [1.54, 1.807) is 0 Å². The average Bonchev–Trinajstić information content (AvgIpc) is 3.20. The van der Waals surface area contributed by atoms with Crippen molar-refractivity contribution in [2.24, 2.45) is 0 Å². The minimum absolute atomic E-state index is 0.0490. The molecule has 7 rings (SSSR count). The number of aromatic nitrogens is 1. The van der Waals surface area contributed by atoms with Gasteiger partial charge in [-0.1, -0.05) is 99.9 Å². The van der Waals surface area contributed by atoms with Crippen LogP contribution in [-0.2, 0) is 0 Å². The maximum atomic E-state index is 3.90. The number of anilines is 2. The Bertz CT molecular complexity index is 1850. The van der Waals surface area contributed by atoms with Crippen molar-refractivity contribution in [3.8, 4) is 16.9 Å². The Morgan fingerprint density at radius 3 is 2.18 bits per heavy atom. The number of halogens is 1. The number of rotatable bonds is 3. The molecule has 0 saturated carbocycles. The van der Waals surface area contributed by atoms with Crippen LogP contribution in [0.15, 0.2) is 114 Å². The molecule has 1 aliphatic rings. The summed E-state index contributed by atoms with van der Waals surface area (Å²) >= 11 is 3.67. The second kappa shape index (κ2) is 9.29. The number of benzene rings is 5. The van der Waals surface area contributed by atoms with E-state index in [1.165, 1.54) is 72.6 Å². The summed E-state index contributed by atoms with van der Waals surface area (Å²) < 4.78 is 3.56. The van der Waals surface area contributed by atoms with E-state index in [9.17, 15) is 0 Å². The van der Waals surface area contributed by atoms with Crippen LogP contribution in [0.4, 0.5) is 11.4 Å². The van der Waals surface area contributed by atoms with Gasteiger partial charge in [0.05, 0.1) is 16.9 Å². The molecule has 6 aromatic rings. The van der Waals surface area contributed by atoms with Gasteiger partial charge in [-0.15, -0.1) is 0 Å². The maximum absolute atomic E-state index is 3.90. The molecule has 2 heterocycles. The highest BCUT2D eigenvalue weighted by Gasteiger charge is 2.33. The third-order valence-corrected chi connectivity index (χ3v) is 8.52. The molecule has 1 aliphatic heterocycles. The lowest BCUT2D eigenvalue weighted by Gasteiger charge is -2.23. The van der Waals surface area contributed by atoms with Crippen molar-refractivity contribution in [1.29, 1.82) is 0 Å². The zero-order valence-electron chi connectivity index (χ0n) is 22.3. The zero-order chi connectivity index (χ0) is 26.7. The molecule has 1 unspecified atom stereocenters. The molecular weight excluding hydrogens is 540 g/mol. The van der Waals surface area contributed by atoms with E-state index >= 15 is 0 Å². The summed E-state index contributed by atoms with van der Waals surface area (Å²) in [5, 5.41) is 5.19. The number of hydrogen-bond acceptors (Lipinski definition) is 1. The summed E-state index contributed by atoms with van der Waals surface area (Å²) in [4.78, 5) is 0. The van der Waals surface area contributed by atoms with E-state index in [2.05, 4.69) is 156 Å². The van der Waals surface area contributed by atoms with Crippen LogP contribution in [0, 0.1) is 20.8 Å². The fraction of sp³-hybridized carbons (Fsp3) is 0.111. The van der Waals surface area contributed by atoms with Crippen molar-refractivity contribution in [1.82, 2.24) is 4.57 Å². The summed E-state index contributed by atoms with van der Waals surface area (Å²) in [6, 6.07) is 40.0. The van der Waals surface area contributed by atoms with Crippen molar-refractivity contribution >= 4 is 38.2 Å². The predicted octanol–water partition coefficient (Wildman–Crippen LogP) is 10.2. The molecule has 3 heteroatoms. The molecule has 0 saturated heterocycles. The van der Waals surface area contributed by atoms with E-state index in [4.69, 9.17) is 0 Å². The highest BCUT2D eigenvalue weighted by Crippen LogP contribution is 2.52. The molecule has 1 atom stereocenters. The van der Waals surface area contributed by atoms with Crippen LogP contribution >= 0.6 is 15.9 Å². The Labute approximate surface area is 238 Å². The molecule has 190 valence electrons. The first-order valence-corrected chi connectivity index (χ1v) is 14.2. The molecule has 2 nitrogen and oxygen atoms in total. The number of nitrogens with one attached hydrogen (secondary N) is 1. The molecule has 0 spiro atoms. The van der Waals surface area contributed by atoms with Crippen LogP contribution in [0.25, 0.3) is 27.8 Å². The Morgan fingerprint density at radius 2 is 1.44 bits per heavy atom. The van der Waals surface area contributed by atoms with Crippen LogP contribution in [0.3, 0.4) is 0 Å². The monoisotopic (exact) mass is 568 g/mol. The van der Waals surface area contributed by atoms with E-state index in [1.807, 2.05) is 0 Å². The van der Waals surface area contributed by atoms with Crippen LogP contribution in [-0.4, -0.2) is 4.57 Å². The highest BCUT2D eigenvalue weighted by molar-refractivity contribution is 9.10. The Hall–Kier alpha value is -4.08. The highest BCUT2D eigenvalue weighted by atomic mass is 79.9. The summed E-state index contributed by atoms with van der Waals surface area (Å²) in [5.41, 5.74) is 14.9. The van der Waals surface area contributed by atoms with Gasteiger partial charge < -0.3 is 9.88 Å². The minimum atomic E-state index is 0.0490. The molecule has 0 bridgehead atoms. The van der Waals surface area contributed by atoms with Crippen molar-refractivity contribution in [2.75, 3.05) is 5.32 Å². The first-order chi connectivity index (χ1) is 19.0. The lowest BCUT2D eigenvalue weighted by molar-refractivity contribution is 0.981.